The van der Waals surface area contributed by atoms with E-state index in [1.165, 1.54) is 0 Å². The molecule has 0 aromatic heterocycles. The van der Waals surface area contributed by atoms with E-state index in [0.717, 1.165) is 0 Å². The largest absolute Gasteiger partial charge is 0.494 e. The van der Waals surface area contributed by atoms with Crippen molar-refractivity contribution in [3.05, 3.63) is 60.2 Å². The first-order chi connectivity index (χ1) is 12.0. The maximum Gasteiger partial charge on any atom is 0.251 e. The van der Waals surface area contributed by atoms with E-state index in [0.29, 0.717) is 23.6 Å². The van der Waals surface area contributed by atoms with Gasteiger partial charge in [0.15, 0.2) is 0 Å². The number of carbonyl (C=O) groups excluding carboxylic acids is 2. The molecule has 0 saturated heterocycles. The fraction of sp³-hybridized carbons (Fsp3) is 0.300. The molecule has 0 fully saturated rings. The van der Waals surface area contributed by atoms with Crippen LogP contribution in [0.5, 0.6) is 5.75 Å². The van der Waals surface area contributed by atoms with E-state index >= 15 is 0 Å². The van der Waals surface area contributed by atoms with E-state index in [2.05, 4.69) is 10.6 Å². The summed E-state index contributed by atoms with van der Waals surface area (Å²) in [7, 11) is 0. The molecule has 2 aromatic carbocycles. The minimum absolute atomic E-state index is 0.0460. The van der Waals surface area contributed by atoms with Crippen LogP contribution in [0.15, 0.2) is 54.6 Å². The van der Waals surface area contributed by atoms with Gasteiger partial charge in [-0.25, -0.2) is 0 Å². The summed E-state index contributed by atoms with van der Waals surface area (Å²) in [5, 5.41) is 5.64. The number of para-hydroxylation sites is 1. The van der Waals surface area contributed by atoms with Crippen molar-refractivity contribution in [2.24, 2.45) is 5.92 Å². The molecule has 0 spiro atoms. The Kier molecular flexibility index (Phi) is 6.57. The molecule has 0 radical (unpaired) electrons. The van der Waals surface area contributed by atoms with Crippen LogP contribution in [-0.2, 0) is 4.79 Å². The van der Waals surface area contributed by atoms with Gasteiger partial charge in [-0.3, -0.25) is 9.59 Å². The highest BCUT2D eigenvalue weighted by Gasteiger charge is 2.24. The van der Waals surface area contributed by atoms with Gasteiger partial charge >= 0.3 is 0 Å². The van der Waals surface area contributed by atoms with Gasteiger partial charge in [0.1, 0.15) is 11.8 Å². The minimum atomic E-state index is -0.626. The highest BCUT2D eigenvalue weighted by molar-refractivity contribution is 6.01. The van der Waals surface area contributed by atoms with E-state index in [-0.39, 0.29) is 17.7 Å². The number of rotatable bonds is 7. The molecule has 0 saturated carbocycles. The Balaban J connectivity index is 2.04. The van der Waals surface area contributed by atoms with Crippen LogP contribution in [0, 0.1) is 5.92 Å². The van der Waals surface area contributed by atoms with Gasteiger partial charge in [-0.05, 0) is 49.2 Å². The fourth-order valence-corrected chi connectivity index (χ4v) is 2.37. The first-order valence-electron chi connectivity index (χ1n) is 8.41. The second kappa shape index (κ2) is 8.87. The summed E-state index contributed by atoms with van der Waals surface area (Å²) in [6.07, 6.45) is 0. The summed E-state index contributed by atoms with van der Waals surface area (Å²) in [6.45, 7) is 6.27. The van der Waals surface area contributed by atoms with Gasteiger partial charge in [-0.2, -0.15) is 0 Å². The van der Waals surface area contributed by atoms with Crippen molar-refractivity contribution >= 4 is 17.5 Å². The SMILES string of the molecule is CCOc1ccc(C(=O)N[C@H](C(=O)Nc2ccccc2)C(C)C)cc1. The van der Waals surface area contributed by atoms with Crippen LogP contribution in [0.4, 0.5) is 5.69 Å². The molecule has 0 bridgehead atoms. The zero-order valence-corrected chi connectivity index (χ0v) is 14.8. The molecule has 2 amide bonds. The van der Waals surface area contributed by atoms with Crippen LogP contribution in [-0.4, -0.2) is 24.5 Å². The van der Waals surface area contributed by atoms with E-state index in [4.69, 9.17) is 4.74 Å². The molecule has 0 heterocycles. The molecular formula is C20H24N2O3. The molecule has 132 valence electrons. The minimum Gasteiger partial charge on any atom is -0.494 e. The number of hydrogen-bond acceptors (Lipinski definition) is 3. The Morgan fingerprint density at radius 3 is 2.20 bits per heavy atom. The molecule has 1 atom stereocenters. The molecule has 0 aliphatic rings. The smallest absolute Gasteiger partial charge is 0.251 e. The van der Waals surface area contributed by atoms with Gasteiger partial charge in [-0.15, -0.1) is 0 Å². The highest BCUT2D eigenvalue weighted by atomic mass is 16.5. The van der Waals surface area contributed by atoms with Crippen LogP contribution in [0.25, 0.3) is 0 Å². The second-order valence-electron chi connectivity index (χ2n) is 6.01. The van der Waals surface area contributed by atoms with E-state index < -0.39 is 6.04 Å². The molecule has 5 heteroatoms. The summed E-state index contributed by atoms with van der Waals surface area (Å²) in [4.78, 5) is 25.0. The highest BCUT2D eigenvalue weighted by Crippen LogP contribution is 2.14. The molecule has 5 nitrogen and oxygen atoms in total. The molecular weight excluding hydrogens is 316 g/mol. The van der Waals surface area contributed by atoms with Crippen molar-refractivity contribution in [3.63, 3.8) is 0 Å². The zero-order chi connectivity index (χ0) is 18.2. The lowest BCUT2D eigenvalue weighted by Crippen LogP contribution is -2.47. The normalized spacial score (nSPS) is 11.7. The van der Waals surface area contributed by atoms with Crippen molar-refractivity contribution in [1.29, 1.82) is 0 Å². The summed E-state index contributed by atoms with van der Waals surface area (Å²) in [5.74, 6) is 0.141. The third-order valence-electron chi connectivity index (χ3n) is 3.70. The summed E-state index contributed by atoms with van der Waals surface area (Å²) >= 11 is 0. The topological polar surface area (TPSA) is 67.4 Å². The number of ether oxygens (including phenoxy) is 1. The lowest BCUT2D eigenvalue weighted by Gasteiger charge is -2.22. The number of carbonyl (C=O) groups is 2. The number of benzene rings is 2. The van der Waals surface area contributed by atoms with Gasteiger partial charge in [0.25, 0.3) is 5.91 Å². The van der Waals surface area contributed by atoms with Gasteiger partial charge < -0.3 is 15.4 Å². The summed E-state index contributed by atoms with van der Waals surface area (Å²) < 4.78 is 5.37. The first kappa shape index (κ1) is 18.5. The average molecular weight is 340 g/mol. The van der Waals surface area contributed by atoms with Crippen LogP contribution in [0.1, 0.15) is 31.1 Å². The van der Waals surface area contributed by atoms with Crippen molar-refractivity contribution < 1.29 is 14.3 Å². The lowest BCUT2D eigenvalue weighted by atomic mass is 10.0. The third-order valence-corrected chi connectivity index (χ3v) is 3.70. The standard InChI is InChI=1S/C20H24N2O3/c1-4-25-17-12-10-15(11-13-17)19(23)22-18(14(2)3)20(24)21-16-8-6-5-7-9-16/h5-14,18H,4H2,1-3H3,(H,21,24)(H,22,23)/t18-/m0/s1. The fourth-order valence-electron chi connectivity index (χ4n) is 2.37. The number of nitrogens with one attached hydrogen (secondary N) is 2. The molecule has 25 heavy (non-hydrogen) atoms. The van der Waals surface area contributed by atoms with Crippen LogP contribution in [0.2, 0.25) is 0 Å². The maximum absolute atomic E-state index is 12.5. The average Bonchev–Trinajstić information content (AvgIpc) is 2.61. The quantitative estimate of drug-likeness (QED) is 0.811. The third kappa shape index (κ3) is 5.35. The molecule has 2 aromatic rings. The zero-order valence-electron chi connectivity index (χ0n) is 14.8. The monoisotopic (exact) mass is 340 g/mol. The van der Waals surface area contributed by atoms with Gasteiger partial charge in [0.2, 0.25) is 5.91 Å². The lowest BCUT2D eigenvalue weighted by molar-refractivity contribution is -0.118. The van der Waals surface area contributed by atoms with E-state index in [9.17, 15) is 9.59 Å². The maximum atomic E-state index is 12.5. The van der Waals surface area contributed by atoms with Gasteiger partial charge in [-0.1, -0.05) is 32.0 Å². The number of hydrogen-bond donors (Lipinski definition) is 2. The molecule has 2 rings (SSSR count). The Morgan fingerprint density at radius 1 is 1.00 bits per heavy atom. The molecule has 0 aliphatic carbocycles. The van der Waals surface area contributed by atoms with Crippen molar-refractivity contribution in [1.82, 2.24) is 5.32 Å². The van der Waals surface area contributed by atoms with Crippen molar-refractivity contribution in [2.45, 2.75) is 26.8 Å². The molecule has 2 N–H and O–H groups in total. The van der Waals surface area contributed by atoms with Crippen molar-refractivity contribution in [2.75, 3.05) is 11.9 Å². The van der Waals surface area contributed by atoms with Gasteiger partial charge in [0, 0.05) is 11.3 Å². The molecule has 0 unspecified atom stereocenters. The Bertz CT molecular complexity index is 697. The number of anilines is 1. The predicted molar refractivity (Wildman–Crippen MR) is 98.8 cm³/mol. The molecule has 0 aliphatic heterocycles. The second-order valence-corrected chi connectivity index (χ2v) is 6.01. The van der Waals surface area contributed by atoms with Crippen molar-refractivity contribution in [3.8, 4) is 5.75 Å². The Labute approximate surface area is 148 Å². The van der Waals surface area contributed by atoms with Crippen LogP contribution >= 0.6 is 0 Å². The predicted octanol–water partition coefficient (Wildman–Crippen LogP) is 3.48. The number of amides is 2. The summed E-state index contributed by atoms with van der Waals surface area (Å²) in [6, 6.07) is 15.4. The Hall–Kier alpha value is -2.82. The van der Waals surface area contributed by atoms with Gasteiger partial charge in [0.05, 0.1) is 6.61 Å². The first-order valence-corrected chi connectivity index (χ1v) is 8.41. The summed E-state index contributed by atoms with van der Waals surface area (Å²) in [5.41, 5.74) is 1.19. The Morgan fingerprint density at radius 2 is 1.64 bits per heavy atom. The van der Waals surface area contributed by atoms with Crippen LogP contribution < -0.4 is 15.4 Å². The van der Waals surface area contributed by atoms with Crippen LogP contribution in [0.3, 0.4) is 0 Å². The van der Waals surface area contributed by atoms with E-state index in [1.54, 1.807) is 24.3 Å². The van der Waals surface area contributed by atoms with E-state index in [1.807, 2.05) is 51.1 Å².